The zero-order valence-corrected chi connectivity index (χ0v) is 18.2. The standard InChI is InChI=1S/C26H23ClN2O2/c1-17(2)20-8-13-24-23(16-20)29-26(31-24)15-19-5-11-22(12-6-19)28-25(30)14-7-18-3-9-21(27)10-4-18/h3-14,16-17H,15H2,1-2H3,(H,28,30)/b14-7+. The Kier molecular flexibility index (Phi) is 6.19. The van der Waals surface area contributed by atoms with Crippen LogP contribution >= 0.6 is 11.6 Å². The fourth-order valence-corrected chi connectivity index (χ4v) is 3.36. The van der Waals surface area contributed by atoms with Crippen LogP contribution in [-0.4, -0.2) is 10.9 Å². The van der Waals surface area contributed by atoms with E-state index in [0.29, 0.717) is 23.3 Å². The maximum atomic E-state index is 12.2. The van der Waals surface area contributed by atoms with Crippen molar-refractivity contribution in [1.82, 2.24) is 4.98 Å². The number of carbonyl (C=O) groups excluding carboxylic acids is 1. The molecule has 0 aliphatic rings. The van der Waals surface area contributed by atoms with Crippen molar-refractivity contribution in [2.75, 3.05) is 5.32 Å². The Morgan fingerprint density at radius 1 is 1.06 bits per heavy atom. The minimum atomic E-state index is -0.192. The SMILES string of the molecule is CC(C)c1ccc2oc(Cc3ccc(NC(=O)/C=C/c4ccc(Cl)cc4)cc3)nc2c1. The van der Waals surface area contributed by atoms with Crippen molar-refractivity contribution >= 4 is 40.4 Å². The maximum absolute atomic E-state index is 12.2. The van der Waals surface area contributed by atoms with Gasteiger partial charge < -0.3 is 9.73 Å². The number of anilines is 1. The molecule has 4 nitrogen and oxygen atoms in total. The molecule has 0 unspecified atom stereocenters. The predicted octanol–water partition coefficient (Wildman–Crippen LogP) is 6.85. The van der Waals surface area contributed by atoms with Gasteiger partial charge in [-0.15, -0.1) is 0 Å². The lowest BCUT2D eigenvalue weighted by molar-refractivity contribution is -0.111. The normalized spacial score (nSPS) is 11.5. The molecule has 31 heavy (non-hydrogen) atoms. The zero-order valence-electron chi connectivity index (χ0n) is 17.4. The molecule has 1 N–H and O–H groups in total. The van der Waals surface area contributed by atoms with Crippen LogP contribution in [0.25, 0.3) is 17.2 Å². The average molecular weight is 431 g/mol. The monoisotopic (exact) mass is 430 g/mol. The molecule has 0 aliphatic heterocycles. The molecule has 0 spiro atoms. The van der Waals surface area contributed by atoms with Crippen molar-refractivity contribution < 1.29 is 9.21 Å². The van der Waals surface area contributed by atoms with Crippen LogP contribution in [0, 0.1) is 0 Å². The summed E-state index contributed by atoms with van der Waals surface area (Å²) in [7, 11) is 0. The molecule has 0 fully saturated rings. The van der Waals surface area contributed by atoms with Crippen LogP contribution in [0.5, 0.6) is 0 Å². The van der Waals surface area contributed by atoms with Gasteiger partial charge in [-0.05, 0) is 65.1 Å². The van der Waals surface area contributed by atoms with Gasteiger partial charge in [0, 0.05) is 23.2 Å². The van der Waals surface area contributed by atoms with E-state index in [2.05, 4.69) is 36.3 Å². The molecule has 156 valence electrons. The molecule has 1 aromatic heterocycles. The molecule has 0 bridgehead atoms. The number of rotatable bonds is 6. The third kappa shape index (κ3) is 5.41. The maximum Gasteiger partial charge on any atom is 0.248 e. The fraction of sp³-hybridized carbons (Fsp3) is 0.154. The Morgan fingerprint density at radius 2 is 1.81 bits per heavy atom. The highest BCUT2D eigenvalue weighted by Crippen LogP contribution is 2.23. The van der Waals surface area contributed by atoms with Crippen LogP contribution < -0.4 is 5.32 Å². The first kappa shape index (κ1) is 20.9. The lowest BCUT2D eigenvalue weighted by Gasteiger charge is -2.04. The molecule has 4 aromatic rings. The van der Waals surface area contributed by atoms with E-state index in [1.165, 1.54) is 11.6 Å². The quantitative estimate of drug-likeness (QED) is 0.340. The van der Waals surface area contributed by atoms with Crippen LogP contribution in [0.3, 0.4) is 0 Å². The van der Waals surface area contributed by atoms with Crippen molar-refractivity contribution in [3.63, 3.8) is 0 Å². The minimum Gasteiger partial charge on any atom is -0.440 e. The number of hydrogen-bond acceptors (Lipinski definition) is 3. The van der Waals surface area contributed by atoms with E-state index in [0.717, 1.165) is 27.9 Å². The molecule has 1 amide bonds. The summed E-state index contributed by atoms with van der Waals surface area (Å²) in [5.74, 6) is 0.939. The summed E-state index contributed by atoms with van der Waals surface area (Å²) in [6.07, 6.45) is 3.84. The molecule has 5 heteroatoms. The number of amides is 1. The van der Waals surface area contributed by atoms with Crippen molar-refractivity contribution in [1.29, 1.82) is 0 Å². The van der Waals surface area contributed by atoms with Gasteiger partial charge in [0.05, 0.1) is 0 Å². The van der Waals surface area contributed by atoms with Crippen LogP contribution in [0.15, 0.2) is 77.2 Å². The minimum absolute atomic E-state index is 0.192. The predicted molar refractivity (Wildman–Crippen MR) is 126 cm³/mol. The third-order valence-corrected chi connectivity index (χ3v) is 5.25. The van der Waals surface area contributed by atoms with Gasteiger partial charge in [-0.1, -0.05) is 55.8 Å². The first-order chi connectivity index (χ1) is 15.0. The molecule has 0 radical (unpaired) electrons. The van der Waals surface area contributed by atoms with Crippen LogP contribution in [-0.2, 0) is 11.2 Å². The molecule has 0 atom stereocenters. The topological polar surface area (TPSA) is 55.1 Å². The van der Waals surface area contributed by atoms with Crippen molar-refractivity contribution in [3.05, 3.63) is 100 Å². The molecular formula is C26H23ClN2O2. The first-order valence-corrected chi connectivity index (χ1v) is 10.6. The number of oxazole rings is 1. The highest BCUT2D eigenvalue weighted by Gasteiger charge is 2.09. The summed E-state index contributed by atoms with van der Waals surface area (Å²) >= 11 is 5.87. The summed E-state index contributed by atoms with van der Waals surface area (Å²) in [6.45, 7) is 4.33. The number of nitrogens with zero attached hydrogens (tertiary/aromatic N) is 1. The Morgan fingerprint density at radius 3 is 2.52 bits per heavy atom. The molecule has 3 aromatic carbocycles. The smallest absolute Gasteiger partial charge is 0.248 e. The van der Waals surface area contributed by atoms with E-state index in [9.17, 15) is 4.79 Å². The van der Waals surface area contributed by atoms with E-state index in [4.69, 9.17) is 16.0 Å². The van der Waals surface area contributed by atoms with Crippen LogP contribution in [0.4, 0.5) is 5.69 Å². The molecule has 4 rings (SSSR count). The van der Waals surface area contributed by atoms with Gasteiger partial charge in [-0.25, -0.2) is 4.98 Å². The van der Waals surface area contributed by atoms with Gasteiger partial charge in [0.15, 0.2) is 11.5 Å². The number of nitrogens with one attached hydrogen (secondary N) is 1. The lowest BCUT2D eigenvalue weighted by Crippen LogP contribution is -2.07. The van der Waals surface area contributed by atoms with Gasteiger partial charge in [0.2, 0.25) is 5.91 Å². The zero-order chi connectivity index (χ0) is 21.8. The lowest BCUT2D eigenvalue weighted by atomic mass is 10.0. The second-order valence-corrected chi connectivity index (χ2v) is 8.17. The first-order valence-electron chi connectivity index (χ1n) is 10.2. The van der Waals surface area contributed by atoms with Gasteiger partial charge in [-0.3, -0.25) is 4.79 Å². The van der Waals surface area contributed by atoms with E-state index >= 15 is 0 Å². The summed E-state index contributed by atoms with van der Waals surface area (Å²) in [6, 6.07) is 21.1. The summed E-state index contributed by atoms with van der Waals surface area (Å²) in [4.78, 5) is 16.8. The molecule has 1 heterocycles. The summed E-state index contributed by atoms with van der Waals surface area (Å²) in [5, 5.41) is 3.53. The fourth-order valence-electron chi connectivity index (χ4n) is 3.24. The average Bonchev–Trinajstić information content (AvgIpc) is 3.16. The van der Waals surface area contributed by atoms with Crippen molar-refractivity contribution in [2.45, 2.75) is 26.2 Å². The third-order valence-electron chi connectivity index (χ3n) is 5.00. The molecular weight excluding hydrogens is 408 g/mol. The van der Waals surface area contributed by atoms with E-state index in [1.54, 1.807) is 18.2 Å². The second-order valence-electron chi connectivity index (χ2n) is 7.74. The number of halogens is 1. The number of aromatic nitrogens is 1. The molecule has 0 saturated heterocycles. The number of fused-ring (bicyclic) bond motifs is 1. The van der Waals surface area contributed by atoms with Crippen molar-refractivity contribution in [2.24, 2.45) is 0 Å². The van der Waals surface area contributed by atoms with Crippen LogP contribution in [0.1, 0.15) is 42.3 Å². The number of benzene rings is 3. The van der Waals surface area contributed by atoms with E-state index in [-0.39, 0.29) is 5.91 Å². The largest absolute Gasteiger partial charge is 0.440 e. The van der Waals surface area contributed by atoms with E-state index in [1.807, 2.05) is 42.5 Å². The Hall–Kier alpha value is -3.37. The highest BCUT2D eigenvalue weighted by atomic mass is 35.5. The number of hydrogen-bond donors (Lipinski definition) is 1. The second kappa shape index (κ2) is 9.19. The number of carbonyl (C=O) groups is 1. The van der Waals surface area contributed by atoms with Gasteiger partial charge in [0.1, 0.15) is 5.52 Å². The van der Waals surface area contributed by atoms with Gasteiger partial charge in [0.25, 0.3) is 0 Å². The Labute approximate surface area is 186 Å². The van der Waals surface area contributed by atoms with Gasteiger partial charge in [-0.2, -0.15) is 0 Å². The Balaban J connectivity index is 1.38. The van der Waals surface area contributed by atoms with E-state index < -0.39 is 0 Å². The Bertz CT molecular complexity index is 1220. The summed E-state index contributed by atoms with van der Waals surface area (Å²) < 4.78 is 5.88. The molecule has 0 aliphatic carbocycles. The highest BCUT2D eigenvalue weighted by molar-refractivity contribution is 6.30. The van der Waals surface area contributed by atoms with Crippen molar-refractivity contribution in [3.8, 4) is 0 Å². The van der Waals surface area contributed by atoms with Gasteiger partial charge >= 0.3 is 0 Å². The molecule has 0 saturated carbocycles. The van der Waals surface area contributed by atoms with Crippen LogP contribution in [0.2, 0.25) is 5.02 Å². The summed E-state index contributed by atoms with van der Waals surface area (Å²) in [5.41, 5.74) is 5.64.